The lowest BCUT2D eigenvalue weighted by atomic mass is 9.98. The Labute approximate surface area is 107 Å². The molecule has 0 aromatic heterocycles. The van der Waals surface area contributed by atoms with Crippen molar-refractivity contribution >= 4 is 23.0 Å². The van der Waals surface area contributed by atoms with Crippen molar-refractivity contribution in [3.63, 3.8) is 0 Å². The summed E-state index contributed by atoms with van der Waals surface area (Å²) in [6.45, 7) is 0.606. The number of benzene rings is 1. The predicted octanol–water partition coefficient (Wildman–Crippen LogP) is 0.569. The third-order valence-electron chi connectivity index (χ3n) is 3.02. The summed E-state index contributed by atoms with van der Waals surface area (Å²) in [6, 6.07) is 4.47. The smallest absolute Gasteiger partial charge is 0.310 e. The van der Waals surface area contributed by atoms with Gasteiger partial charge in [-0.15, -0.1) is 0 Å². The average Bonchev–Trinajstić information content (AvgIpc) is 2.24. The number of aliphatic carboxylic acids is 1. The first-order valence-electron chi connectivity index (χ1n) is 5.39. The summed E-state index contributed by atoms with van der Waals surface area (Å²) in [5, 5.41) is 28.5. The van der Waals surface area contributed by atoms with Gasteiger partial charge in [-0.2, -0.15) is 5.26 Å². The highest BCUT2D eigenvalue weighted by atomic mass is 16.6. The topological polar surface area (TPSA) is 133 Å². The van der Waals surface area contributed by atoms with Crippen molar-refractivity contribution < 1.29 is 14.8 Å². The van der Waals surface area contributed by atoms with Crippen LogP contribution in [-0.4, -0.2) is 29.1 Å². The molecule has 8 heteroatoms. The molecule has 1 heterocycles. The van der Waals surface area contributed by atoms with Gasteiger partial charge in [0.2, 0.25) is 0 Å². The second kappa shape index (κ2) is 4.45. The molecule has 3 N–H and O–H groups in total. The highest BCUT2D eigenvalue weighted by molar-refractivity contribution is 5.77. The lowest BCUT2D eigenvalue weighted by Crippen LogP contribution is -2.50. The number of nitrogens with zero attached hydrogens (tertiary/aromatic N) is 3. The van der Waals surface area contributed by atoms with Crippen LogP contribution in [-0.2, 0) is 4.79 Å². The maximum atomic E-state index is 10.8. The van der Waals surface area contributed by atoms with Crippen LogP contribution in [0.5, 0.6) is 0 Å². The van der Waals surface area contributed by atoms with Crippen molar-refractivity contribution in [1.29, 1.82) is 5.26 Å². The van der Waals surface area contributed by atoms with E-state index in [-0.39, 0.29) is 11.3 Å². The van der Waals surface area contributed by atoms with Gasteiger partial charge in [0.15, 0.2) is 0 Å². The van der Waals surface area contributed by atoms with Gasteiger partial charge in [0.25, 0.3) is 0 Å². The summed E-state index contributed by atoms with van der Waals surface area (Å²) in [6.07, 6.45) is 0. The molecule has 0 radical (unpaired) electrons. The number of hydrogen-bond acceptors (Lipinski definition) is 6. The first-order valence-corrected chi connectivity index (χ1v) is 5.39. The van der Waals surface area contributed by atoms with Crippen molar-refractivity contribution in [2.24, 2.45) is 5.92 Å². The molecule has 1 fully saturated rings. The first kappa shape index (κ1) is 12.6. The molecule has 0 bridgehead atoms. The van der Waals surface area contributed by atoms with Crippen LogP contribution in [0.4, 0.5) is 17.1 Å². The van der Waals surface area contributed by atoms with E-state index in [0.29, 0.717) is 18.8 Å². The zero-order valence-electron chi connectivity index (χ0n) is 9.74. The fourth-order valence-corrected chi connectivity index (χ4v) is 1.96. The second-order valence-electron chi connectivity index (χ2n) is 4.24. The normalized spacial score (nSPS) is 14.6. The number of nitro benzene ring substituents is 1. The molecule has 0 aliphatic carbocycles. The van der Waals surface area contributed by atoms with Gasteiger partial charge >= 0.3 is 11.7 Å². The number of carboxylic acid groups (broad SMARTS) is 1. The Kier molecular flexibility index (Phi) is 2.96. The number of nitrogens with two attached hydrogens (primary N) is 1. The minimum atomic E-state index is -0.883. The summed E-state index contributed by atoms with van der Waals surface area (Å²) in [4.78, 5) is 22.5. The van der Waals surface area contributed by atoms with E-state index in [9.17, 15) is 14.9 Å². The highest BCUT2D eigenvalue weighted by Gasteiger charge is 2.33. The molecule has 1 aromatic rings. The first-order chi connectivity index (χ1) is 8.93. The minimum absolute atomic E-state index is 0.0992. The zero-order chi connectivity index (χ0) is 14.2. The van der Waals surface area contributed by atoms with Crippen LogP contribution in [0.15, 0.2) is 12.1 Å². The van der Waals surface area contributed by atoms with Gasteiger partial charge in [-0.1, -0.05) is 0 Å². The van der Waals surface area contributed by atoms with Crippen LogP contribution in [0.2, 0.25) is 0 Å². The largest absolute Gasteiger partial charge is 0.481 e. The molecule has 0 amide bonds. The van der Waals surface area contributed by atoms with E-state index >= 15 is 0 Å². The summed E-state index contributed by atoms with van der Waals surface area (Å²) < 4.78 is 0. The summed E-state index contributed by atoms with van der Waals surface area (Å²) in [5.74, 6) is -1.34. The van der Waals surface area contributed by atoms with Crippen LogP contribution >= 0.6 is 0 Å². The van der Waals surface area contributed by atoms with Gasteiger partial charge < -0.3 is 15.7 Å². The maximum absolute atomic E-state index is 10.8. The molecule has 0 unspecified atom stereocenters. The van der Waals surface area contributed by atoms with E-state index in [0.717, 1.165) is 0 Å². The minimum Gasteiger partial charge on any atom is -0.481 e. The molecule has 1 aliphatic rings. The number of anilines is 2. The summed E-state index contributed by atoms with van der Waals surface area (Å²) in [5.41, 5.74) is 5.46. The molecule has 0 spiro atoms. The van der Waals surface area contributed by atoms with Crippen LogP contribution in [0, 0.1) is 27.4 Å². The molecule has 0 atom stereocenters. The van der Waals surface area contributed by atoms with E-state index in [1.807, 2.05) is 0 Å². The molecule has 8 nitrogen and oxygen atoms in total. The molecule has 98 valence electrons. The number of nitro groups is 1. The number of rotatable bonds is 3. The highest BCUT2D eigenvalue weighted by Crippen LogP contribution is 2.34. The van der Waals surface area contributed by atoms with Gasteiger partial charge in [-0.05, 0) is 12.1 Å². The molecule has 1 aliphatic heterocycles. The number of carboxylic acids is 1. The summed E-state index contributed by atoms with van der Waals surface area (Å²) >= 11 is 0. The fraction of sp³-hybridized carbons (Fsp3) is 0.273. The Morgan fingerprint density at radius 1 is 1.58 bits per heavy atom. The Bertz CT molecular complexity index is 601. The van der Waals surface area contributed by atoms with Crippen molar-refractivity contribution in [2.45, 2.75) is 0 Å². The van der Waals surface area contributed by atoms with E-state index in [1.165, 1.54) is 12.1 Å². The Morgan fingerprint density at radius 3 is 2.68 bits per heavy atom. The van der Waals surface area contributed by atoms with Gasteiger partial charge in [-0.3, -0.25) is 14.9 Å². The van der Waals surface area contributed by atoms with Crippen molar-refractivity contribution in [1.82, 2.24) is 0 Å². The molecular formula is C11H10N4O4. The van der Waals surface area contributed by atoms with Gasteiger partial charge in [-0.25, -0.2) is 0 Å². The lowest BCUT2D eigenvalue weighted by molar-refractivity contribution is -0.384. The monoisotopic (exact) mass is 262 g/mol. The SMILES string of the molecule is N#Cc1cc(N2CC(C(=O)O)C2)cc(N)c1[N+](=O)[O-]. The van der Waals surface area contributed by atoms with E-state index in [4.69, 9.17) is 16.1 Å². The number of nitriles is 1. The van der Waals surface area contributed by atoms with E-state index in [2.05, 4.69) is 0 Å². The fourth-order valence-electron chi connectivity index (χ4n) is 1.96. The van der Waals surface area contributed by atoms with Crippen molar-refractivity contribution in [3.05, 3.63) is 27.8 Å². The molecule has 19 heavy (non-hydrogen) atoms. The molecule has 1 saturated heterocycles. The van der Waals surface area contributed by atoms with Gasteiger partial charge in [0, 0.05) is 18.8 Å². The standard InChI is InChI=1S/C11H10N4O4/c12-3-6-1-8(2-9(13)10(6)15(18)19)14-4-7(5-14)11(16)17/h1-2,7H,4-5,13H2,(H,16,17). The van der Waals surface area contributed by atoms with Crippen LogP contribution in [0.1, 0.15) is 5.56 Å². The second-order valence-corrected chi connectivity index (χ2v) is 4.24. The maximum Gasteiger partial charge on any atom is 0.310 e. The van der Waals surface area contributed by atoms with E-state index in [1.54, 1.807) is 11.0 Å². The lowest BCUT2D eigenvalue weighted by Gasteiger charge is -2.38. The van der Waals surface area contributed by atoms with Crippen molar-refractivity contribution in [2.75, 3.05) is 23.7 Å². The summed E-state index contributed by atoms with van der Waals surface area (Å²) in [7, 11) is 0. The Morgan fingerprint density at radius 2 is 2.21 bits per heavy atom. The van der Waals surface area contributed by atoms with Gasteiger partial charge in [0.05, 0.1) is 10.8 Å². The van der Waals surface area contributed by atoms with Crippen molar-refractivity contribution in [3.8, 4) is 6.07 Å². The number of carbonyl (C=O) groups is 1. The number of nitrogen functional groups attached to an aromatic ring is 1. The number of hydrogen-bond donors (Lipinski definition) is 2. The molecule has 0 saturated carbocycles. The third kappa shape index (κ3) is 2.13. The van der Waals surface area contributed by atoms with Crippen LogP contribution in [0.3, 0.4) is 0 Å². The quantitative estimate of drug-likeness (QED) is 0.462. The third-order valence-corrected chi connectivity index (χ3v) is 3.02. The van der Waals surface area contributed by atoms with E-state index < -0.39 is 22.5 Å². The Hall–Kier alpha value is -2.82. The van der Waals surface area contributed by atoms with Crippen LogP contribution < -0.4 is 10.6 Å². The molecule has 1 aromatic carbocycles. The predicted molar refractivity (Wildman–Crippen MR) is 65.6 cm³/mol. The Balaban J connectivity index is 2.31. The van der Waals surface area contributed by atoms with Gasteiger partial charge in [0.1, 0.15) is 17.3 Å². The average molecular weight is 262 g/mol. The molecular weight excluding hydrogens is 252 g/mol. The molecule has 2 rings (SSSR count). The van der Waals surface area contributed by atoms with Crippen LogP contribution in [0.25, 0.3) is 0 Å². The zero-order valence-corrected chi connectivity index (χ0v) is 9.74.